The molecule has 0 atom stereocenters. The molecule has 0 aliphatic rings. The highest BCUT2D eigenvalue weighted by atomic mass is 35.5. The maximum Gasteiger partial charge on any atom is 0.322 e. The molecule has 6 nitrogen and oxygen atoms in total. The lowest BCUT2D eigenvalue weighted by Gasteiger charge is -2.00. The monoisotopic (exact) mass is 356 g/mol. The van der Waals surface area contributed by atoms with E-state index in [9.17, 15) is 4.79 Å². The minimum Gasteiger partial charge on any atom is -0.403 e. The van der Waals surface area contributed by atoms with Crippen LogP contribution in [0.2, 0.25) is 5.02 Å². The highest BCUT2D eigenvalue weighted by Crippen LogP contribution is 2.27. The van der Waals surface area contributed by atoms with Crippen LogP contribution in [0.5, 0.6) is 0 Å². The standard InChI is InChI=1S/C16H9ClN4O2S/c17-11-4-2-1-3-10(11)15-20-21-16(23-15)19-14(22)9-5-6-12-13(7-9)24-8-18-12/h1-8H,(H,19,21,22). The van der Waals surface area contributed by atoms with E-state index in [2.05, 4.69) is 20.5 Å². The molecule has 0 aliphatic heterocycles. The number of halogens is 1. The fraction of sp³-hybridized carbons (Fsp3) is 0. The van der Waals surface area contributed by atoms with E-state index in [0.29, 0.717) is 16.1 Å². The zero-order valence-corrected chi connectivity index (χ0v) is 13.6. The molecule has 1 N–H and O–H groups in total. The number of anilines is 1. The Morgan fingerprint density at radius 2 is 2.04 bits per heavy atom. The molecule has 0 radical (unpaired) electrons. The van der Waals surface area contributed by atoms with Crippen LogP contribution in [-0.4, -0.2) is 21.1 Å². The smallest absolute Gasteiger partial charge is 0.322 e. The summed E-state index contributed by atoms with van der Waals surface area (Å²) in [6.07, 6.45) is 0. The summed E-state index contributed by atoms with van der Waals surface area (Å²) in [6.45, 7) is 0. The number of amides is 1. The van der Waals surface area contributed by atoms with E-state index in [1.807, 2.05) is 6.07 Å². The Morgan fingerprint density at radius 1 is 1.17 bits per heavy atom. The van der Waals surface area contributed by atoms with E-state index in [1.54, 1.807) is 41.9 Å². The first-order valence-corrected chi connectivity index (χ1v) is 8.19. The van der Waals surface area contributed by atoms with E-state index in [0.717, 1.165) is 10.2 Å². The highest BCUT2D eigenvalue weighted by molar-refractivity contribution is 7.16. The van der Waals surface area contributed by atoms with Crippen LogP contribution in [0.15, 0.2) is 52.4 Å². The van der Waals surface area contributed by atoms with E-state index < -0.39 is 0 Å². The Balaban J connectivity index is 1.57. The number of carbonyl (C=O) groups excluding carboxylic acids is 1. The summed E-state index contributed by atoms with van der Waals surface area (Å²) in [4.78, 5) is 16.5. The molecule has 0 saturated heterocycles. The minimum absolute atomic E-state index is 0.0133. The van der Waals surface area contributed by atoms with Gasteiger partial charge in [0.1, 0.15) is 0 Å². The second-order valence-corrected chi connectivity index (χ2v) is 6.17. The van der Waals surface area contributed by atoms with Gasteiger partial charge in [0.25, 0.3) is 11.8 Å². The molecule has 0 bridgehead atoms. The highest BCUT2D eigenvalue weighted by Gasteiger charge is 2.15. The minimum atomic E-state index is -0.334. The van der Waals surface area contributed by atoms with Crippen molar-refractivity contribution in [1.29, 1.82) is 0 Å². The Morgan fingerprint density at radius 3 is 2.92 bits per heavy atom. The van der Waals surface area contributed by atoms with Crippen LogP contribution in [-0.2, 0) is 0 Å². The van der Waals surface area contributed by atoms with Gasteiger partial charge < -0.3 is 4.42 Å². The van der Waals surface area contributed by atoms with Crippen molar-refractivity contribution in [3.63, 3.8) is 0 Å². The predicted molar refractivity (Wildman–Crippen MR) is 92.3 cm³/mol. The lowest BCUT2D eigenvalue weighted by molar-refractivity contribution is 0.102. The van der Waals surface area contributed by atoms with Gasteiger partial charge in [-0.2, -0.15) is 0 Å². The van der Waals surface area contributed by atoms with E-state index in [4.69, 9.17) is 16.0 Å². The van der Waals surface area contributed by atoms with Gasteiger partial charge in [0.15, 0.2) is 0 Å². The molecular formula is C16H9ClN4O2S. The van der Waals surface area contributed by atoms with Crippen molar-refractivity contribution in [2.45, 2.75) is 0 Å². The Kier molecular flexibility index (Phi) is 3.72. The van der Waals surface area contributed by atoms with Gasteiger partial charge in [-0.1, -0.05) is 28.8 Å². The molecule has 2 heterocycles. The summed E-state index contributed by atoms with van der Waals surface area (Å²) in [5.41, 5.74) is 3.69. The third kappa shape index (κ3) is 2.75. The third-order valence-electron chi connectivity index (χ3n) is 3.34. The van der Waals surface area contributed by atoms with Gasteiger partial charge in [-0.3, -0.25) is 10.1 Å². The van der Waals surface area contributed by atoms with Gasteiger partial charge in [0, 0.05) is 5.56 Å². The maximum atomic E-state index is 12.3. The molecule has 24 heavy (non-hydrogen) atoms. The van der Waals surface area contributed by atoms with Crippen molar-refractivity contribution in [1.82, 2.24) is 15.2 Å². The number of aromatic nitrogens is 3. The summed E-state index contributed by atoms with van der Waals surface area (Å²) in [5, 5.41) is 10.8. The Labute approximate surface area is 145 Å². The zero-order chi connectivity index (χ0) is 16.5. The molecule has 0 aliphatic carbocycles. The average Bonchev–Trinajstić information content (AvgIpc) is 3.23. The molecular weight excluding hydrogens is 348 g/mol. The van der Waals surface area contributed by atoms with Crippen LogP contribution in [0, 0.1) is 0 Å². The van der Waals surface area contributed by atoms with Crippen molar-refractivity contribution in [2.24, 2.45) is 0 Å². The van der Waals surface area contributed by atoms with E-state index in [1.165, 1.54) is 11.3 Å². The third-order valence-corrected chi connectivity index (χ3v) is 4.46. The SMILES string of the molecule is O=C(Nc1nnc(-c2ccccc2Cl)o1)c1ccc2ncsc2c1. The van der Waals surface area contributed by atoms with Crippen LogP contribution in [0.4, 0.5) is 6.01 Å². The van der Waals surface area contributed by atoms with Gasteiger partial charge in [0.2, 0.25) is 0 Å². The molecule has 0 saturated carbocycles. The second kappa shape index (κ2) is 6.03. The topological polar surface area (TPSA) is 80.9 Å². The Hall–Kier alpha value is -2.77. The number of nitrogens with zero attached hydrogens (tertiary/aromatic N) is 3. The van der Waals surface area contributed by atoms with Crippen molar-refractivity contribution in [3.05, 3.63) is 58.6 Å². The fourth-order valence-electron chi connectivity index (χ4n) is 2.18. The fourth-order valence-corrected chi connectivity index (χ4v) is 3.12. The van der Waals surface area contributed by atoms with Gasteiger partial charge in [-0.05, 0) is 30.3 Å². The number of nitrogens with one attached hydrogen (secondary N) is 1. The number of benzene rings is 2. The van der Waals surface area contributed by atoms with Crippen LogP contribution >= 0.6 is 22.9 Å². The van der Waals surface area contributed by atoms with Gasteiger partial charge in [0.05, 0.1) is 26.3 Å². The largest absolute Gasteiger partial charge is 0.403 e. The summed E-state index contributed by atoms with van der Waals surface area (Å²) in [7, 11) is 0. The van der Waals surface area contributed by atoms with Gasteiger partial charge in [-0.25, -0.2) is 4.98 Å². The van der Waals surface area contributed by atoms with Crippen molar-refractivity contribution < 1.29 is 9.21 Å². The number of hydrogen-bond acceptors (Lipinski definition) is 6. The molecule has 118 valence electrons. The Bertz CT molecular complexity index is 1040. The van der Waals surface area contributed by atoms with Gasteiger partial charge >= 0.3 is 6.01 Å². The van der Waals surface area contributed by atoms with Crippen molar-refractivity contribution >= 4 is 45.1 Å². The van der Waals surface area contributed by atoms with Gasteiger partial charge in [-0.15, -0.1) is 16.4 Å². The predicted octanol–water partition coefficient (Wildman–Crippen LogP) is 4.25. The first kappa shape index (κ1) is 14.8. The summed E-state index contributed by atoms with van der Waals surface area (Å²) < 4.78 is 6.40. The second-order valence-electron chi connectivity index (χ2n) is 4.88. The number of rotatable bonds is 3. The molecule has 4 aromatic rings. The van der Waals surface area contributed by atoms with Crippen LogP contribution in [0.25, 0.3) is 21.7 Å². The van der Waals surface area contributed by atoms with E-state index >= 15 is 0 Å². The number of hydrogen-bond donors (Lipinski definition) is 1. The maximum absolute atomic E-state index is 12.3. The van der Waals surface area contributed by atoms with Crippen LogP contribution in [0.3, 0.4) is 0 Å². The van der Waals surface area contributed by atoms with Crippen molar-refractivity contribution in [3.8, 4) is 11.5 Å². The molecule has 0 fully saturated rings. The summed E-state index contributed by atoms with van der Waals surface area (Å²) in [6, 6.07) is 12.4. The zero-order valence-electron chi connectivity index (χ0n) is 12.1. The average molecular weight is 357 g/mol. The van der Waals surface area contributed by atoms with Crippen LogP contribution < -0.4 is 5.32 Å². The molecule has 8 heteroatoms. The summed E-state index contributed by atoms with van der Waals surface area (Å²) in [5.74, 6) is -0.0894. The van der Waals surface area contributed by atoms with Crippen LogP contribution in [0.1, 0.15) is 10.4 Å². The molecule has 0 unspecified atom stereocenters. The first-order valence-electron chi connectivity index (χ1n) is 6.94. The normalized spacial score (nSPS) is 10.9. The van der Waals surface area contributed by atoms with Crippen molar-refractivity contribution in [2.75, 3.05) is 5.32 Å². The molecule has 4 rings (SSSR count). The molecule has 2 aromatic carbocycles. The number of carbonyl (C=O) groups is 1. The quantitative estimate of drug-likeness (QED) is 0.593. The lowest BCUT2D eigenvalue weighted by Crippen LogP contribution is -2.11. The molecule has 1 amide bonds. The molecule has 2 aromatic heterocycles. The van der Waals surface area contributed by atoms with E-state index in [-0.39, 0.29) is 17.8 Å². The lowest BCUT2D eigenvalue weighted by atomic mass is 10.2. The summed E-state index contributed by atoms with van der Waals surface area (Å²) >= 11 is 7.57. The molecule has 0 spiro atoms. The number of thiazole rings is 1. The number of fused-ring (bicyclic) bond motifs is 1. The first-order chi connectivity index (χ1) is 11.7.